The van der Waals surface area contributed by atoms with Crippen LogP contribution in [0.1, 0.15) is 0 Å². The van der Waals surface area contributed by atoms with E-state index in [1.54, 1.807) is 36.3 Å². The predicted octanol–water partition coefficient (Wildman–Crippen LogP) is 2.18. The van der Waals surface area contributed by atoms with E-state index in [1.165, 1.54) is 0 Å². The van der Waals surface area contributed by atoms with E-state index in [4.69, 9.17) is 0 Å². The lowest BCUT2D eigenvalue weighted by atomic mass is 10.4. The highest BCUT2D eigenvalue weighted by molar-refractivity contribution is 7.20. The number of fused-ring (bicyclic) bond motifs is 1. The van der Waals surface area contributed by atoms with Crippen molar-refractivity contribution in [1.29, 1.82) is 0 Å². The Kier molecular flexibility index (Phi) is 1.89. The summed E-state index contributed by atoms with van der Waals surface area (Å²) in [5, 5.41) is 0. The van der Waals surface area contributed by atoms with Crippen LogP contribution in [0.2, 0.25) is 0 Å². The minimum Gasteiger partial charge on any atom is -0.344 e. The number of thiazole rings is 1. The molecule has 0 saturated carbocycles. The van der Waals surface area contributed by atoms with Crippen LogP contribution in [-0.4, -0.2) is 29.3 Å². The number of H-pyrrole nitrogens is 2. The zero-order valence-corrected chi connectivity index (χ0v) is 9.98. The highest BCUT2D eigenvalue weighted by atomic mass is 32.1. The first-order valence-corrected chi connectivity index (χ1v) is 6.19. The number of imidazole rings is 3. The molecule has 0 bridgehead atoms. The van der Waals surface area contributed by atoms with Crippen molar-refractivity contribution in [1.82, 2.24) is 29.3 Å². The molecule has 0 amide bonds. The fourth-order valence-electron chi connectivity index (χ4n) is 1.83. The molecule has 0 unspecified atom stereocenters. The number of hydrogen-bond donors (Lipinski definition) is 2. The maximum absolute atomic E-state index is 4.54. The van der Waals surface area contributed by atoms with Crippen molar-refractivity contribution in [2.75, 3.05) is 0 Å². The fourth-order valence-corrected chi connectivity index (χ4v) is 2.77. The molecule has 18 heavy (non-hydrogen) atoms. The summed E-state index contributed by atoms with van der Waals surface area (Å²) in [6.07, 6.45) is 11.0. The summed E-state index contributed by atoms with van der Waals surface area (Å²) in [6, 6.07) is 0. The molecular weight excluding hydrogens is 248 g/mol. The SMILES string of the molecule is c1c[nH]c(-c2cn3cc(-c4cnc[nH]4)sc3n2)n1. The van der Waals surface area contributed by atoms with Crippen molar-refractivity contribution in [2.45, 2.75) is 0 Å². The Morgan fingerprint density at radius 2 is 2.22 bits per heavy atom. The standard InChI is InChI=1S/C11H8N6S/c1-2-14-10(13-1)8-4-17-5-9(18-11(17)16-8)7-3-12-6-15-7/h1-6H,(H,12,15)(H,13,14). The van der Waals surface area contributed by atoms with Gasteiger partial charge in [-0.2, -0.15) is 0 Å². The molecule has 7 heteroatoms. The molecule has 0 radical (unpaired) electrons. The summed E-state index contributed by atoms with van der Waals surface area (Å²) in [5.74, 6) is 0.786. The van der Waals surface area contributed by atoms with Crippen molar-refractivity contribution >= 4 is 16.3 Å². The molecule has 0 aliphatic heterocycles. The monoisotopic (exact) mass is 256 g/mol. The third-order valence-corrected chi connectivity index (χ3v) is 3.69. The van der Waals surface area contributed by atoms with Gasteiger partial charge in [-0.1, -0.05) is 11.3 Å². The van der Waals surface area contributed by atoms with Crippen LogP contribution in [0, 0.1) is 0 Å². The predicted molar refractivity (Wildman–Crippen MR) is 68.2 cm³/mol. The average Bonchev–Trinajstić information content (AvgIpc) is 3.13. The van der Waals surface area contributed by atoms with Gasteiger partial charge in [-0.3, -0.25) is 4.40 Å². The van der Waals surface area contributed by atoms with Gasteiger partial charge in [0, 0.05) is 24.8 Å². The Hall–Kier alpha value is -2.41. The third kappa shape index (κ3) is 1.37. The van der Waals surface area contributed by atoms with Gasteiger partial charge >= 0.3 is 0 Å². The second-order valence-electron chi connectivity index (χ2n) is 3.81. The first kappa shape index (κ1) is 9.60. The molecular formula is C11H8N6S. The van der Waals surface area contributed by atoms with E-state index < -0.39 is 0 Å². The van der Waals surface area contributed by atoms with Crippen LogP contribution in [-0.2, 0) is 0 Å². The van der Waals surface area contributed by atoms with Crippen LogP contribution >= 0.6 is 11.3 Å². The van der Waals surface area contributed by atoms with Gasteiger partial charge in [0.2, 0.25) is 0 Å². The molecule has 4 rings (SSSR count). The number of nitrogens with zero attached hydrogens (tertiary/aromatic N) is 4. The molecule has 0 spiro atoms. The summed E-state index contributed by atoms with van der Waals surface area (Å²) < 4.78 is 2.00. The Morgan fingerprint density at radius 1 is 1.22 bits per heavy atom. The zero-order chi connectivity index (χ0) is 11.9. The fraction of sp³-hybridized carbons (Fsp3) is 0. The van der Waals surface area contributed by atoms with Gasteiger partial charge in [-0.25, -0.2) is 15.0 Å². The molecule has 0 aromatic carbocycles. The van der Waals surface area contributed by atoms with Crippen molar-refractivity contribution in [2.24, 2.45) is 0 Å². The van der Waals surface area contributed by atoms with Gasteiger partial charge in [0.1, 0.15) is 5.69 Å². The van der Waals surface area contributed by atoms with Gasteiger partial charge in [-0.05, 0) is 0 Å². The first-order valence-electron chi connectivity index (χ1n) is 5.37. The second kappa shape index (κ2) is 3.54. The van der Waals surface area contributed by atoms with Crippen molar-refractivity contribution in [3.63, 3.8) is 0 Å². The molecule has 2 N–H and O–H groups in total. The molecule has 0 aliphatic carbocycles. The molecule has 0 atom stereocenters. The van der Waals surface area contributed by atoms with E-state index >= 15 is 0 Å². The van der Waals surface area contributed by atoms with Crippen LogP contribution in [0.4, 0.5) is 0 Å². The molecule has 0 aliphatic rings. The van der Waals surface area contributed by atoms with E-state index in [9.17, 15) is 0 Å². The lowest BCUT2D eigenvalue weighted by molar-refractivity contribution is 1.22. The molecule has 0 fully saturated rings. The van der Waals surface area contributed by atoms with Crippen LogP contribution < -0.4 is 0 Å². The first-order chi connectivity index (χ1) is 8.90. The third-order valence-electron chi connectivity index (χ3n) is 2.66. The molecule has 88 valence electrons. The number of nitrogens with one attached hydrogen (secondary N) is 2. The normalized spacial score (nSPS) is 11.3. The topological polar surface area (TPSA) is 74.7 Å². The van der Waals surface area contributed by atoms with Gasteiger partial charge in [-0.15, -0.1) is 0 Å². The van der Waals surface area contributed by atoms with Crippen LogP contribution in [0.15, 0.2) is 37.3 Å². The maximum Gasteiger partial charge on any atom is 0.194 e. The van der Waals surface area contributed by atoms with Gasteiger partial charge in [0.05, 0.1) is 23.1 Å². The lowest BCUT2D eigenvalue weighted by Gasteiger charge is -1.88. The molecule has 4 heterocycles. The Bertz CT molecular complexity index is 682. The summed E-state index contributed by atoms with van der Waals surface area (Å²) in [6.45, 7) is 0. The van der Waals surface area contributed by atoms with Crippen LogP contribution in [0.5, 0.6) is 0 Å². The zero-order valence-electron chi connectivity index (χ0n) is 9.16. The smallest absolute Gasteiger partial charge is 0.194 e. The van der Waals surface area contributed by atoms with Gasteiger partial charge in [0.25, 0.3) is 0 Å². The van der Waals surface area contributed by atoms with Gasteiger partial charge in [0.15, 0.2) is 10.8 Å². The molecule has 6 nitrogen and oxygen atoms in total. The Labute approximate surface area is 105 Å². The van der Waals surface area contributed by atoms with Gasteiger partial charge < -0.3 is 9.97 Å². The second-order valence-corrected chi connectivity index (χ2v) is 4.82. The number of aromatic nitrogens is 6. The van der Waals surface area contributed by atoms with E-state index in [1.807, 2.05) is 16.8 Å². The Balaban J connectivity index is 1.82. The number of rotatable bonds is 2. The highest BCUT2D eigenvalue weighted by Gasteiger charge is 2.10. The minimum absolute atomic E-state index is 0.786. The summed E-state index contributed by atoms with van der Waals surface area (Å²) >= 11 is 1.61. The quantitative estimate of drug-likeness (QED) is 0.577. The van der Waals surface area contributed by atoms with E-state index in [-0.39, 0.29) is 0 Å². The molecule has 4 aromatic rings. The van der Waals surface area contributed by atoms with Crippen molar-refractivity contribution in [3.8, 4) is 22.1 Å². The summed E-state index contributed by atoms with van der Waals surface area (Å²) in [4.78, 5) is 20.9. The minimum atomic E-state index is 0.786. The van der Waals surface area contributed by atoms with E-state index in [0.29, 0.717) is 0 Å². The van der Waals surface area contributed by atoms with E-state index in [2.05, 4.69) is 24.9 Å². The summed E-state index contributed by atoms with van der Waals surface area (Å²) in [7, 11) is 0. The summed E-state index contributed by atoms with van der Waals surface area (Å²) in [5.41, 5.74) is 1.85. The Morgan fingerprint density at radius 3 is 2.94 bits per heavy atom. The number of aromatic amines is 2. The lowest BCUT2D eigenvalue weighted by Crippen LogP contribution is -1.78. The van der Waals surface area contributed by atoms with Crippen molar-refractivity contribution in [3.05, 3.63) is 37.3 Å². The molecule has 0 saturated heterocycles. The van der Waals surface area contributed by atoms with E-state index in [0.717, 1.165) is 27.1 Å². The maximum atomic E-state index is 4.54. The van der Waals surface area contributed by atoms with Crippen LogP contribution in [0.3, 0.4) is 0 Å². The average molecular weight is 256 g/mol. The highest BCUT2D eigenvalue weighted by Crippen LogP contribution is 2.28. The van der Waals surface area contributed by atoms with Crippen molar-refractivity contribution < 1.29 is 0 Å². The number of hydrogen-bond acceptors (Lipinski definition) is 4. The van der Waals surface area contributed by atoms with Crippen LogP contribution in [0.25, 0.3) is 27.1 Å². The largest absolute Gasteiger partial charge is 0.344 e. The molecule has 4 aromatic heterocycles.